The molecule has 3 aromatic carbocycles. The van der Waals surface area contributed by atoms with Gasteiger partial charge in [-0.2, -0.15) is 0 Å². The van der Waals surface area contributed by atoms with Gasteiger partial charge in [-0.15, -0.1) is 0 Å². The maximum atomic E-state index is 5.80. The number of fused-ring (bicyclic) bond motifs is 1. The molecule has 2 aliphatic heterocycles. The molecule has 0 bridgehead atoms. The van der Waals surface area contributed by atoms with Gasteiger partial charge < -0.3 is 14.4 Å². The summed E-state index contributed by atoms with van der Waals surface area (Å²) in [7, 11) is 1.89. The normalized spacial score (nSPS) is 18.2. The van der Waals surface area contributed by atoms with E-state index in [9.17, 15) is 0 Å². The van der Waals surface area contributed by atoms with Gasteiger partial charge in [-0.1, -0.05) is 40.2 Å². The van der Waals surface area contributed by atoms with Crippen LogP contribution in [0.4, 0.5) is 11.4 Å². The van der Waals surface area contributed by atoms with Crippen LogP contribution in [0.5, 0.6) is 0 Å². The first kappa shape index (κ1) is 24.0. The molecule has 0 saturated carbocycles. The molecule has 0 aliphatic carbocycles. The number of hydrogen-bond donors (Lipinski definition) is 0. The first-order chi connectivity index (χ1) is 16.6. The molecule has 0 radical (unpaired) electrons. The van der Waals surface area contributed by atoms with Crippen LogP contribution in [0.25, 0.3) is 10.8 Å². The second-order valence-electron chi connectivity index (χ2n) is 8.82. The molecule has 3 aromatic rings. The van der Waals surface area contributed by atoms with E-state index in [1.165, 1.54) is 21.8 Å². The molecule has 0 atom stereocenters. The summed E-state index contributed by atoms with van der Waals surface area (Å²) in [6, 6.07) is 21.8. The molecule has 2 heterocycles. The lowest BCUT2D eigenvalue weighted by Crippen LogP contribution is -2.46. The predicted octanol–water partition coefficient (Wildman–Crippen LogP) is 5.32. The molecule has 2 fully saturated rings. The molecular weight excluding hydrogens is 511 g/mol. The van der Waals surface area contributed by atoms with Crippen LogP contribution in [0.2, 0.25) is 0 Å². The van der Waals surface area contributed by atoms with Crippen molar-refractivity contribution in [2.24, 2.45) is 4.74 Å². The number of halogens is 1. The van der Waals surface area contributed by atoms with Crippen LogP contribution >= 0.6 is 23.3 Å². The Balaban J connectivity index is 1.83. The minimum absolute atomic E-state index is 0.732. The Kier molecular flexibility index (Phi) is 7.40. The first-order valence-electron chi connectivity index (χ1n) is 11.8. The third-order valence-electron chi connectivity index (χ3n) is 6.53. The van der Waals surface area contributed by atoms with E-state index in [-0.39, 0.29) is 0 Å². The molecule has 6 nitrogen and oxygen atoms in total. The van der Waals surface area contributed by atoms with Crippen molar-refractivity contribution in [1.82, 2.24) is 9.34 Å². The maximum Gasteiger partial charge on any atom is 0.133 e. The van der Waals surface area contributed by atoms with Crippen molar-refractivity contribution in [1.29, 1.82) is 0 Å². The summed E-state index contributed by atoms with van der Waals surface area (Å²) < 4.78 is 23.6. The highest BCUT2D eigenvalue weighted by Crippen LogP contribution is 2.59. The number of rotatable bonds is 5. The minimum Gasteiger partial charge on any atom is -0.379 e. The van der Waals surface area contributed by atoms with E-state index in [4.69, 9.17) is 14.2 Å². The second kappa shape index (κ2) is 10.5. The number of benzene rings is 3. The fourth-order valence-corrected chi connectivity index (χ4v) is 9.20. The molecule has 180 valence electrons. The van der Waals surface area contributed by atoms with Crippen LogP contribution in [0.3, 0.4) is 0 Å². The third kappa shape index (κ3) is 4.58. The SMILES string of the molecule is CN(C)c1ccc(P(=Nc2ccc(Br)cc2)(N2CCOCC2)N2CCOCC2)c2ccccc12. The number of nitrogens with zero attached hydrogens (tertiary/aromatic N) is 4. The highest BCUT2D eigenvalue weighted by molar-refractivity contribution is 9.10. The average Bonchev–Trinajstić information content (AvgIpc) is 2.89. The van der Waals surface area contributed by atoms with Crippen molar-refractivity contribution >= 4 is 50.7 Å². The molecule has 34 heavy (non-hydrogen) atoms. The quantitative estimate of drug-likeness (QED) is 0.408. The van der Waals surface area contributed by atoms with Gasteiger partial charge in [-0.3, -0.25) is 0 Å². The van der Waals surface area contributed by atoms with E-state index in [0.29, 0.717) is 0 Å². The van der Waals surface area contributed by atoms with E-state index in [1.54, 1.807) is 0 Å². The van der Waals surface area contributed by atoms with E-state index >= 15 is 0 Å². The van der Waals surface area contributed by atoms with E-state index in [1.807, 2.05) is 0 Å². The molecule has 0 N–H and O–H groups in total. The number of morpholine rings is 2. The Hall–Kier alpha value is -1.73. The van der Waals surface area contributed by atoms with Crippen LogP contribution in [0, 0.1) is 0 Å². The highest BCUT2D eigenvalue weighted by Gasteiger charge is 2.39. The van der Waals surface area contributed by atoms with E-state index in [2.05, 4.69) is 105 Å². The smallest absolute Gasteiger partial charge is 0.133 e. The summed E-state index contributed by atoms with van der Waals surface area (Å²) in [5.41, 5.74) is 2.24. The van der Waals surface area contributed by atoms with Crippen molar-refractivity contribution in [3.05, 3.63) is 65.1 Å². The second-order valence-corrected chi connectivity index (χ2v) is 12.7. The van der Waals surface area contributed by atoms with Crippen LogP contribution in [0.1, 0.15) is 0 Å². The zero-order valence-corrected chi connectivity index (χ0v) is 22.3. The third-order valence-corrected chi connectivity index (χ3v) is 11.0. The monoisotopic (exact) mass is 542 g/mol. The summed E-state index contributed by atoms with van der Waals surface area (Å²) in [6.45, 7) is 6.41. The molecular formula is C26H32BrN4O2P. The first-order valence-corrected chi connectivity index (χ1v) is 14.3. The van der Waals surface area contributed by atoms with Gasteiger partial charge in [0.2, 0.25) is 0 Å². The molecule has 0 spiro atoms. The van der Waals surface area contributed by atoms with Crippen molar-refractivity contribution in [3.8, 4) is 0 Å². The van der Waals surface area contributed by atoms with Gasteiger partial charge in [0, 0.05) is 61.1 Å². The fourth-order valence-electron chi connectivity index (χ4n) is 4.92. The van der Waals surface area contributed by atoms with E-state index < -0.39 is 7.36 Å². The Morgan fingerprint density at radius 3 is 1.88 bits per heavy atom. The van der Waals surface area contributed by atoms with Crippen LogP contribution in [0.15, 0.2) is 69.9 Å². The van der Waals surface area contributed by atoms with Gasteiger partial charge >= 0.3 is 0 Å². The van der Waals surface area contributed by atoms with Crippen LogP contribution < -0.4 is 10.2 Å². The minimum atomic E-state index is -2.33. The summed E-state index contributed by atoms with van der Waals surface area (Å²) in [6.07, 6.45) is 0. The summed E-state index contributed by atoms with van der Waals surface area (Å²) in [4.78, 5) is 2.20. The Bertz CT molecular complexity index is 1170. The topological polar surface area (TPSA) is 40.5 Å². The molecule has 0 amide bonds. The molecule has 0 unspecified atom stereocenters. The number of anilines is 1. The van der Waals surface area contributed by atoms with Crippen molar-refractivity contribution in [2.45, 2.75) is 0 Å². The average molecular weight is 543 g/mol. The summed E-state index contributed by atoms with van der Waals surface area (Å²) >= 11 is 3.59. The van der Waals surface area contributed by atoms with Crippen molar-refractivity contribution in [3.63, 3.8) is 0 Å². The lowest BCUT2D eigenvalue weighted by Gasteiger charge is -2.47. The van der Waals surface area contributed by atoms with E-state index in [0.717, 1.165) is 62.8 Å². The zero-order chi connectivity index (χ0) is 23.5. The predicted molar refractivity (Wildman–Crippen MR) is 146 cm³/mol. The van der Waals surface area contributed by atoms with Gasteiger partial charge in [-0.05, 0) is 41.8 Å². The van der Waals surface area contributed by atoms with Crippen LogP contribution in [-0.2, 0) is 9.47 Å². The van der Waals surface area contributed by atoms with Gasteiger partial charge in [0.1, 0.15) is 7.36 Å². The molecule has 8 heteroatoms. The maximum absolute atomic E-state index is 5.80. The summed E-state index contributed by atoms with van der Waals surface area (Å²) in [5.74, 6) is 0. The number of hydrogen-bond acceptors (Lipinski definition) is 4. The lowest BCUT2D eigenvalue weighted by atomic mass is 10.1. The van der Waals surface area contributed by atoms with Gasteiger partial charge in [-0.25, -0.2) is 14.1 Å². The Morgan fingerprint density at radius 2 is 1.32 bits per heavy atom. The molecule has 0 aromatic heterocycles. The van der Waals surface area contributed by atoms with Crippen molar-refractivity contribution in [2.75, 3.05) is 71.6 Å². The van der Waals surface area contributed by atoms with Crippen molar-refractivity contribution < 1.29 is 9.47 Å². The molecule has 2 saturated heterocycles. The zero-order valence-electron chi connectivity index (χ0n) is 19.9. The lowest BCUT2D eigenvalue weighted by molar-refractivity contribution is 0.0579. The van der Waals surface area contributed by atoms with Gasteiger partial charge in [0.25, 0.3) is 0 Å². The largest absolute Gasteiger partial charge is 0.379 e. The number of ether oxygens (including phenoxy) is 2. The molecule has 5 rings (SSSR count). The van der Waals surface area contributed by atoms with Gasteiger partial charge in [0.15, 0.2) is 0 Å². The standard InChI is InChI=1S/C26H32BrN4O2P/c1-29(2)25-11-12-26(24-6-4-3-5-23(24)25)34(30-13-17-32-18-14-30,31-15-19-33-20-16-31)28-22-9-7-21(27)8-10-22/h3-12H,13-20H2,1-2H3. The highest BCUT2D eigenvalue weighted by atomic mass is 79.9. The summed E-state index contributed by atoms with van der Waals surface area (Å²) in [5, 5.41) is 3.86. The van der Waals surface area contributed by atoms with Gasteiger partial charge in [0.05, 0.1) is 32.1 Å². The molecule has 2 aliphatic rings. The Labute approximate surface area is 210 Å². The van der Waals surface area contributed by atoms with Crippen LogP contribution in [-0.4, -0.2) is 76.0 Å². The Morgan fingerprint density at radius 1 is 0.765 bits per heavy atom. The fraction of sp³-hybridized carbons (Fsp3) is 0.385.